The van der Waals surface area contributed by atoms with Crippen LogP contribution in [0.15, 0.2) is 0 Å². The third-order valence-electron chi connectivity index (χ3n) is 4.44. The zero-order valence-corrected chi connectivity index (χ0v) is 13.3. The lowest BCUT2D eigenvalue weighted by Gasteiger charge is -2.32. The smallest absolute Gasteiger partial charge is 0.312 e. The van der Waals surface area contributed by atoms with Crippen molar-refractivity contribution >= 4 is 27.6 Å². The molecule has 1 atom stereocenters. The van der Waals surface area contributed by atoms with Gasteiger partial charge in [0.2, 0.25) is 5.91 Å². The molecular weight excluding hydrogens is 310 g/mol. The van der Waals surface area contributed by atoms with Crippen molar-refractivity contribution < 1.29 is 22.8 Å². The Bertz CT molecular complexity index is 580. The number of likely N-dealkylation sites (N-methyl/N-ethyl adjacent to an activating group) is 1. The van der Waals surface area contributed by atoms with Crippen molar-refractivity contribution in [3.05, 3.63) is 0 Å². The number of hydrogen-bond donors (Lipinski definition) is 1. The van der Waals surface area contributed by atoms with Gasteiger partial charge in [-0.25, -0.2) is 8.42 Å². The SMILES string of the molecule is CN(C(=O)C(=O)N1CCC(C(N)=O)CC1)C1CCS(=O)(=O)C1. The maximum absolute atomic E-state index is 12.2. The van der Waals surface area contributed by atoms with E-state index in [-0.39, 0.29) is 23.3 Å². The first-order chi connectivity index (χ1) is 10.2. The molecule has 8 nitrogen and oxygen atoms in total. The van der Waals surface area contributed by atoms with Gasteiger partial charge in [0.05, 0.1) is 11.5 Å². The number of likely N-dealkylation sites (tertiary alicyclic amines) is 1. The molecule has 0 aromatic rings. The maximum atomic E-state index is 12.2. The molecule has 22 heavy (non-hydrogen) atoms. The number of carbonyl (C=O) groups excluding carboxylic acids is 3. The highest BCUT2D eigenvalue weighted by molar-refractivity contribution is 7.91. The third-order valence-corrected chi connectivity index (χ3v) is 6.19. The van der Waals surface area contributed by atoms with E-state index in [0.717, 1.165) is 0 Å². The van der Waals surface area contributed by atoms with Crippen LogP contribution in [0, 0.1) is 5.92 Å². The van der Waals surface area contributed by atoms with Crippen LogP contribution in [0.4, 0.5) is 0 Å². The molecule has 0 bridgehead atoms. The molecule has 3 amide bonds. The van der Waals surface area contributed by atoms with Gasteiger partial charge in [-0.15, -0.1) is 0 Å². The first-order valence-corrected chi connectivity index (χ1v) is 9.09. The molecule has 2 rings (SSSR count). The van der Waals surface area contributed by atoms with Crippen LogP contribution in [0.2, 0.25) is 0 Å². The van der Waals surface area contributed by atoms with Crippen LogP contribution < -0.4 is 5.73 Å². The van der Waals surface area contributed by atoms with E-state index in [4.69, 9.17) is 5.73 Å². The van der Waals surface area contributed by atoms with Gasteiger partial charge < -0.3 is 15.5 Å². The number of primary amides is 1. The average Bonchev–Trinajstić information content (AvgIpc) is 2.85. The monoisotopic (exact) mass is 331 g/mol. The molecule has 2 aliphatic rings. The zero-order valence-electron chi connectivity index (χ0n) is 12.5. The van der Waals surface area contributed by atoms with Crippen molar-refractivity contribution in [1.29, 1.82) is 0 Å². The molecule has 0 aromatic heterocycles. The summed E-state index contributed by atoms with van der Waals surface area (Å²) in [4.78, 5) is 38.1. The van der Waals surface area contributed by atoms with Gasteiger partial charge in [0.15, 0.2) is 9.84 Å². The molecule has 9 heteroatoms. The highest BCUT2D eigenvalue weighted by atomic mass is 32.2. The highest BCUT2D eigenvalue weighted by Crippen LogP contribution is 2.19. The Balaban J connectivity index is 1.92. The standard InChI is InChI=1S/C13H21N3O5S/c1-15(10-4-7-22(20,21)8-10)12(18)13(19)16-5-2-9(3-6-16)11(14)17/h9-10H,2-8H2,1H3,(H2,14,17). The van der Waals surface area contributed by atoms with Gasteiger partial charge in [-0.2, -0.15) is 0 Å². The Kier molecular flexibility index (Phi) is 4.74. The van der Waals surface area contributed by atoms with Crippen LogP contribution in [0.25, 0.3) is 0 Å². The lowest BCUT2D eigenvalue weighted by Crippen LogP contribution is -2.50. The normalized spacial score (nSPS) is 25.0. The lowest BCUT2D eigenvalue weighted by molar-refractivity contribution is -0.153. The van der Waals surface area contributed by atoms with Gasteiger partial charge in [0, 0.05) is 32.1 Å². The number of hydrogen-bond acceptors (Lipinski definition) is 5. The zero-order chi connectivity index (χ0) is 16.5. The summed E-state index contributed by atoms with van der Waals surface area (Å²) in [6, 6.07) is -0.440. The number of rotatable bonds is 2. The topological polar surface area (TPSA) is 118 Å². The van der Waals surface area contributed by atoms with Crippen molar-refractivity contribution in [3.63, 3.8) is 0 Å². The quantitative estimate of drug-likeness (QED) is 0.609. The van der Waals surface area contributed by atoms with E-state index >= 15 is 0 Å². The molecule has 0 aliphatic carbocycles. The summed E-state index contributed by atoms with van der Waals surface area (Å²) >= 11 is 0. The molecule has 2 fully saturated rings. The van der Waals surface area contributed by atoms with Gasteiger partial charge in [0.25, 0.3) is 0 Å². The summed E-state index contributed by atoms with van der Waals surface area (Å²) in [6.07, 6.45) is 1.27. The fourth-order valence-electron chi connectivity index (χ4n) is 2.90. The van der Waals surface area contributed by atoms with E-state index in [1.807, 2.05) is 0 Å². The van der Waals surface area contributed by atoms with E-state index in [2.05, 4.69) is 0 Å². The fourth-order valence-corrected chi connectivity index (χ4v) is 4.67. The van der Waals surface area contributed by atoms with Crippen molar-refractivity contribution in [1.82, 2.24) is 9.80 Å². The Morgan fingerprint density at radius 2 is 1.73 bits per heavy atom. The van der Waals surface area contributed by atoms with Crippen LogP contribution in [-0.4, -0.2) is 73.6 Å². The van der Waals surface area contributed by atoms with Crippen LogP contribution in [0.3, 0.4) is 0 Å². The van der Waals surface area contributed by atoms with Gasteiger partial charge in [-0.05, 0) is 19.3 Å². The van der Waals surface area contributed by atoms with E-state index in [1.54, 1.807) is 0 Å². The number of carbonyl (C=O) groups is 3. The molecule has 0 aromatic carbocycles. The minimum absolute atomic E-state index is 0.0491. The number of piperidine rings is 1. The Labute approximate surface area is 129 Å². The molecule has 0 spiro atoms. The second-order valence-corrected chi connectivity index (χ2v) is 8.17. The van der Waals surface area contributed by atoms with Crippen LogP contribution in [-0.2, 0) is 24.2 Å². The minimum atomic E-state index is -3.11. The van der Waals surface area contributed by atoms with E-state index in [1.165, 1.54) is 16.8 Å². The molecule has 2 saturated heterocycles. The molecule has 0 saturated carbocycles. The van der Waals surface area contributed by atoms with E-state index in [0.29, 0.717) is 32.4 Å². The maximum Gasteiger partial charge on any atom is 0.312 e. The molecule has 124 valence electrons. The average molecular weight is 331 g/mol. The van der Waals surface area contributed by atoms with Crippen molar-refractivity contribution in [2.24, 2.45) is 11.7 Å². The summed E-state index contributed by atoms with van der Waals surface area (Å²) in [6.45, 7) is 0.629. The van der Waals surface area contributed by atoms with Gasteiger partial charge in [-0.1, -0.05) is 0 Å². The lowest BCUT2D eigenvalue weighted by atomic mass is 9.96. The predicted molar refractivity (Wildman–Crippen MR) is 78.3 cm³/mol. The van der Waals surface area contributed by atoms with Crippen LogP contribution >= 0.6 is 0 Å². The summed E-state index contributed by atoms with van der Waals surface area (Å²) in [5.74, 6) is -2.02. The molecule has 2 aliphatic heterocycles. The predicted octanol–water partition coefficient (Wildman–Crippen LogP) is -1.64. The van der Waals surface area contributed by atoms with Gasteiger partial charge in [-0.3, -0.25) is 14.4 Å². The summed E-state index contributed by atoms with van der Waals surface area (Å²) in [7, 11) is -1.65. The van der Waals surface area contributed by atoms with E-state index < -0.39 is 27.7 Å². The minimum Gasteiger partial charge on any atom is -0.369 e. The largest absolute Gasteiger partial charge is 0.369 e. The summed E-state index contributed by atoms with van der Waals surface area (Å²) < 4.78 is 22.9. The van der Waals surface area contributed by atoms with Crippen molar-refractivity contribution in [2.45, 2.75) is 25.3 Å². The number of nitrogens with two attached hydrogens (primary N) is 1. The number of amides is 3. The Morgan fingerprint density at radius 3 is 2.18 bits per heavy atom. The van der Waals surface area contributed by atoms with E-state index in [9.17, 15) is 22.8 Å². The first-order valence-electron chi connectivity index (χ1n) is 7.27. The number of nitrogens with zero attached hydrogens (tertiary/aromatic N) is 2. The molecule has 2 heterocycles. The molecule has 1 unspecified atom stereocenters. The molecular formula is C13H21N3O5S. The highest BCUT2D eigenvalue weighted by Gasteiger charge is 2.37. The summed E-state index contributed by atoms with van der Waals surface area (Å²) in [5.41, 5.74) is 5.23. The van der Waals surface area contributed by atoms with Gasteiger partial charge >= 0.3 is 11.8 Å². The fraction of sp³-hybridized carbons (Fsp3) is 0.769. The first kappa shape index (κ1) is 16.7. The summed E-state index contributed by atoms with van der Waals surface area (Å²) in [5, 5.41) is 0. The Morgan fingerprint density at radius 1 is 1.14 bits per heavy atom. The van der Waals surface area contributed by atoms with Crippen LogP contribution in [0.5, 0.6) is 0 Å². The third kappa shape index (κ3) is 3.57. The second-order valence-electron chi connectivity index (χ2n) is 5.94. The molecule has 0 radical (unpaired) electrons. The number of sulfone groups is 1. The van der Waals surface area contributed by atoms with Gasteiger partial charge in [0.1, 0.15) is 0 Å². The van der Waals surface area contributed by atoms with Crippen molar-refractivity contribution in [3.8, 4) is 0 Å². The second kappa shape index (κ2) is 6.23. The van der Waals surface area contributed by atoms with Crippen LogP contribution in [0.1, 0.15) is 19.3 Å². The molecule has 2 N–H and O–H groups in total. The van der Waals surface area contributed by atoms with Crippen molar-refractivity contribution in [2.75, 3.05) is 31.6 Å². The Hall–Kier alpha value is -1.64.